The largest absolute Gasteiger partial charge is 0.367 e. The topological polar surface area (TPSA) is 79.5 Å². The predicted molar refractivity (Wildman–Crippen MR) is 125 cm³/mol. The van der Waals surface area contributed by atoms with Crippen LogP contribution in [-0.2, 0) is 11.3 Å². The molecule has 6 nitrogen and oxygen atoms in total. The van der Waals surface area contributed by atoms with E-state index in [2.05, 4.69) is 63.4 Å². The van der Waals surface area contributed by atoms with Crippen molar-refractivity contribution in [3.63, 3.8) is 0 Å². The molecule has 0 aliphatic rings. The molecule has 0 aliphatic heterocycles. The van der Waals surface area contributed by atoms with Crippen molar-refractivity contribution < 1.29 is 9.90 Å². The summed E-state index contributed by atoms with van der Waals surface area (Å²) in [6.07, 6.45) is 1.40. The zero-order valence-electron chi connectivity index (χ0n) is 18.5. The Hall–Kier alpha value is -2.77. The zero-order valence-corrected chi connectivity index (χ0v) is 19.3. The number of aliphatic hydroxyl groups is 1. The van der Waals surface area contributed by atoms with Crippen LogP contribution in [0.15, 0.2) is 53.0 Å². The number of rotatable bonds is 8. The van der Waals surface area contributed by atoms with Crippen molar-refractivity contribution in [3.05, 3.63) is 69.6 Å². The van der Waals surface area contributed by atoms with Gasteiger partial charge in [-0.3, -0.25) is 9.78 Å². The zero-order chi connectivity index (χ0) is 22.4. The van der Waals surface area contributed by atoms with Gasteiger partial charge in [-0.15, -0.1) is 11.3 Å². The standard InChI is InChI=1S/C24H30N4O2S/c1-16(2)19-8-10-20(11-9-19)21-15-31-24(28(21)14-6-13-25-18(4)29)27-23(30)22-17(3)7-5-12-26-22/h5,7-12,15-16,23,30H,6,13-14H2,1-4H3,(H,25,29)/b27-24-. The quantitative estimate of drug-likeness (QED) is 0.518. The Morgan fingerprint density at radius 2 is 2.00 bits per heavy atom. The predicted octanol–water partition coefficient (Wildman–Crippen LogP) is 4.16. The molecule has 2 N–H and O–H groups in total. The highest BCUT2D eigenvalue weighted by molar-refractivity contribution is 7.07. The van der Waals surface area contributed by atoms with Crippen molar-refractivity contribution in [2.75, 3.05) is 6.54 Å². The van der Waals surface area contributed by atoms with Gasteiger partial charge in [0, 0.05) is 31.6 Å². The molecule has 0 bridgehead atoms. The number of aryl methyl sites for hydroxylation is 1. The summed E-state index contributed by atoms with van der Waals surface area (Å²) in [5.41, 5.74) is 4.90. The fourth-order valence-electron chi connectivity index (χ4n) is 3.35. The average Bonchev–Trinajstić information content (AvgIpc) is 3.13. The number of aliphatic hydroxyl groups excluding tert-OH is 1. The highest BCUT2D eigenvalue weighted by Gasteiger charge is 2.13. The molecule has 2 aromatic heterocycles. The average molecular weight is 439 g/mol. The van der Waals surface area contributed by atoms with Crippen molar-refractivity contribution in [2.24, 2.45) is 4.99 Å². The van der Waals surface area contributed by atoms with Gasteiger partial charge >= 0.3 is 0 Å². The maximum atomic E-state index is 11.2. The Morgan fingerprint density at radius 1 is 1.26 bits per heavy atom. The number of nitrogens with one attached hydrogen (secondary N) is 1. The molecule has 7 heteroatoms. The fraction of sp³-hybridized carbons (Fsp3) is 0.375. The summed E-state index contributed by atoms with van der Waals surface area (Å²) in [7, 11) is 0. The molecule has 1 unspecified atom stereocenters. The van der Waals surface area contributed by atoms with E-state index >= 15 is 0 Å². The molecule has 1 atom stereocenters. The van der Waals surface area contributed by atoms with Crippen LogP contribution in [0.5, 0.6) is 0 Å². The van der Waals surface area contributed by atoms with Crippen molar-refractivity contribution in [1.29, 1.82) is 0 Å². The Morgan fingerprint density at radius 3 is 2.65 bits per heavy atom. The Bertz CT molecular complexity index is 1080. The molecule has 2 heterocycles. The molecule has 0 saturated carbocycles. The first-order valence-electron chi connectivity index (χ1n) is 10.5. The maximum absolute atomic E-state index is 11.2. The number of nitrogens with zero attached hydrogens (tertiary/aromatic N) is 3. The van der Waals surface area contributed by atoms with Crippen LogP contribution in [0.2, 0.25) is 0 Å². The summed E-state index contributed by atoms with van der Waals surface area (Å²) in [6, 6.07) is 12.3. The first-order valence-corrected chi connectivity index (χ1v) is 11.4. The van der Waals surface area contributed by atoms with E-state index in [1.807, 2.05) is 19.1 Å². The highest BCUT2D eigenvalue weighted by atomic mass is 32.1. The second-order valence-corrected chi connectivity index (χ2v) is 8.71. The number of carbonyl (C=O) groups is 1. The number of amides is 1. The van der Waals surface area contributed by atoms with Gasteiger partial charge in [-0.2, -0.15) is 0 Å². The number of carbonyl (C=O) groups excluding carboxylic acids is 1. The Balaban J connectivity index is 1.96. The van der Waals surface area contributed by atoms with E-state index in [9.17, 15) is 9.90 Å². The minimum Gasteiger partial charge on any atom is -0.367 e. The molecule has 0 aliphatic carbocycles. The van der Waals surface area contributed by atoms with Gasteiger partial charge in [-0.25, -0.2) is 4.99 Å². The normalized spacial score (nSPS) is 12.9. The van der Waals surface area contributed by atoms with Gasteiger partial charge in [-0.1, -0.05) is 44.2 Å². The van der Waals surface area contributed by atoms with Crippen molar-refractivity contribution in [2.45, 2.75) is 52.8 Å². The van der Waals surface area contributed by atoms with E-state index in [1.54, 1.807) is 6.20 Å². The van der Waals surface area contributed by atoms with Gasteiger partial charge in [0.1, 0.15) is 0 Å². The van der Waals surface area contributed by atoms with E-state index in [1.165, 1.54) is 23.8 Å². The van der Waals surface area contributed by atoms with Gasteiger partial charge in [0.15, 0.2) is 11.0 Å². The number of aromatic nitrogens is 2. The molecule has 0 saturated heterocycles. The maximum Gasteiger partial charge on any atom is 0.216 e. The third-order valence-corrected chi connectivity index (χ3v) is 6.01. The summed E-state index contributed by atoms with van der Waals surface area (Å²) >= 11 is 1.50. The highest BCUT2D eigenvalue weighted by Crippen LogP contribution is 2.24. The molecule has 164 valence electrons. The Kier molecular flexibility index (Phi) is 7.76. The molecule has 1 aromatic carbocycles. The molecule has 1 amide bonds. The number of thiazole rings is 1. The summed E-state index contributed by atoms with van der Waals surface area (Å²) < 4.78 is 2.11. The number of pyridine rings is 1. The second kappa shape index (κ2) is 10.5. The van der Waals surface area contributed by atoms with Crippen molar-refractivity contribution >= 4 is 17.2 Å². The van der Waals surface area contributed by atoms with E-state index < -0.39 is 6.23 Å². The first kappa shape index (κ1) is 22.9. The lowest BCUT2D eigenvalue weighted by molar-refractivity contribution is -0.118. The fourth-order valence-corrected chi connectivity index (χ4v) is 4.31. The minimum atomic E-state index is -1.03. The Labute approximate surface area is 187 Å². The van der Waals surface area contributed by atoms with Gasteiger partial charge in [0.05, 0.1) is 11.4 Å². The van der Waals surface area contributed by atoms with Crippen LogP contribution in [0.1, 0.15) is 56.2 Å². The van der Waals surface area contributed by atoms with E-state index in [0.717, 1.165) is 28.0 Å². The summed E-state index contributed by atoms with van der Waals surface area (Å²) in [5.74, 6) is 0.439. The molecule has 0 fully saturated rings. The van der Waals surface area contributed by atoms with Gasteiger partial charge < -0.3 is 15.0 Å². The van der Waals surface area contributed by atoms with Crippen LogP contribution in [0, 0.1) is 6.92 Å². The third kappa shape index (κ3) is 5.89. The van der Waals surface area contributed by atoms with Gasteiger partial charge in [-0.05, 0) is 42.0 Å². The summed E-state index contributed by atoms with van der Waals surface area (Å²) in [5, 5.41) is 15.6. The van der Waals surface area contributed by atoms with Crippen LogP contribution in [0.3, 0.4) is 0 Å². The van der Waals surface area contributed by atoms with Crippen LogP contribution in [0.25, 0.3) is 11.3 Å². The van der Waals surface area contributed by atoms with Crippen LogP contribution in [-0.4, -0.2) is 27.1 Å². The van der Waals surface area contributed by atoms with Gasteiger partial charge in [0.25, 0.3) is 0 Å². The summed E-state index contributed by atoms with van der Waals surface area (Å²) in [4.78, 5) is 20.8. The van der Waals surface area contributed by atoms with Crippen molar-refractivity contribution in [3.8, 4) is 11.3 Å². The van der Waals surface area contributed by atoms with Crippen LogP contribution >= 0.6 is 11.3 Å². The van der Waals surface area contributed by atoms with E-state index in [-0.39, 0.29) is 5.91 Å². The molecule has 0 spiro atoms. The monoisotopic (exact) mass is 438 g/mol. The smallest absolute Gasteiger partial charge is 0.216 e. The number of benzene rings is 1. The molecule has 31 heavy (non-hydrogen) atoms. The molecule has 3 aromatic rings. The SMILES string of the molecule is CC(=O)NCCCn1c(-c2ccc(C(C)C)cc2)cs/c1=N\C(O)c1ncccc1C. The number of hydrogen-bond donors (Lipinski definition) is 2. The first-order chi connectivity index (χ1) is 14.9. The lowest BCUT2D eigenvalue weighted by atomic mass is 10.0. The lowest BCUT2D eigenvalue weighted by Crippen LogP contribution is -2.24. The molecular formula is C24H30N4O2S. The van der Waals surface area contributed by atoms with E-state index in [0.29, 0.717) is 24.7 Å². The molecular weight excluding hydrogens is 408 g/mol. The molecule has 0 radical (unpaired) electrons. The third-order valence-electron chi connectivity index (χ3n) is 5.13. The van der Waals surface area contributed by atoms with E-state index in [4.69, 9.17) is 0 Å². The second-order valence-electron chi connectivity index (χ2n) is 7.88. The minimum absolute atomic E-state index is 0.0363. The van der Waals surface area contributed by atoms with Crippen molar-refractivity contribution in [1.82, 2.24) is 14.9 Å². The van der Waals surface area contributed by atoms with Crippen LogP contribution < -0.4 is 10.1 Å². The van der Waals surface area contributed by atoms with Crippen LogP contribution in [0.4, 0.5) is 0 Å². The molecule has 3 rings (SSSR count). The number of hydrogen-bond acceptors (Lipinski definition) is 5. The van der Waals surface area contributed by atoms with Gasteiger partial charge in [0.2, 0.25) is 5.91 Å². The lowest BCUT2D eigenvalue weighted by Gasteiger charge is -2.12. The summed E-state index contributed by atoms with van der Waals surface area (Å²) in [6.45, 7) is 9.06.